The Balaban J connectivity index is 1.88. The number of aliphatic imine (C=N–C) groups is 1. The average Bonchev–Trinajstić information content (AvgIpc) is 2.99. The van der Waals surface area contributed by atoms with Crippen LogP contribution in [-0.4, -0.2) is 24.1 Å². The summed E-state index contributed by atoms with van der Waals surface area (Å²) in [5.41, 5.74) is 2.02. The predicted octanol–water partition coefficient (Wildman–Crippen LogP) is 5.05. The molecule has 0 fully saturated rings. The standard InChI is InChI=1S/C23H18F3NO3/c1-3-30-22(29)17-12(2)27-20-15-6-4-5-7-16(15)21(28)19(20)18(17)13-8-10-14(11-9-13)23(24,25)26/h4-11,17-18H,3H2,1-2H3/t17?,18-/m1/s1. The summed E-state index contributed by atoms with van der Waals surface area (Å²) in [6, 6.07) is 11.6. The van der Waals surface area contributed by atoms with Crippen molar-refractivity contribution in [2.24, 2.45) is 10.9 Å². The van der Waals surface area contributed by atoms with Crippen molar-refractivity contribution in [2.75, 3.05) is 6.61 Å². The van der Waals surface area contributed by atoms with Gasteiger partial charge in [0.15, 0.2) is 5.78 Å². The zero-order valence-electron chi connectivity index (χ0n) is 16.3. The fraction of sp³-hybridized carbons (Fsp3) is 0.261. The number of benzene rings is 2. The van der Waals surface area contributed by atoms with Crippen LogP contribution in [0.3, 0.4) is 0 Å². The predicted molar refractivity (Wildman–Crippen MR) is 105 cm³/mol. The van der Waals surface area contributed by atoms with E-state index in [4.69, 9.17) is 4.74 Å². The second kappa shape index (κ2) is 7.23. The lowest BCUT2D eigenvalue weighted by Gasteiger charge is -2.30. The summed E-state index contributed by atoms with van der Waals surface area (Å²) in [4.78, 5) is 30.5. The number of allylic oxidation sites excluding steroid dienone is 1. The molecule has 0 saturated heterocycles. The van der Waals surface area contributed by atoms with E-state index in [1.807, 2.05) is 0 Å². The molecule has 0 bridgehead atoms. The maximum Gasteiger partial charge on any atom is 0.416 e. The maximum atomic E-state index is 13.2. The van der Waals surface area contributed by atoms with Gasteiger partial charge in [0.25, 0.3) is 0 Å². The minimum Gasteiger partial charge on any atom is -0.465 e. The van der Waals surface area contributed by atoms with E-state index in [0.29, 0.717) is 33.7 Å². The molecule has 1 unspecified atom stereocenters. The number of carbonyl (C=O) groups is 2. The van der Waals surface area contributed by atoms with Crippen LogP contribution in [0.4, 0.5) is 13.2 Å². The zero-order valence-corrected chi connectivity index (χ0v) is 16.3. The van der Waals surface area contributed by atoms with Crippen LogP contribution in [-0.2, 0) is 15.7 Å². The fourth-order valence-corrected chi connectivity index (χ4v) is 4.13. The van der Waals surface area contributed by atoms with Crippen LogP contribution in [0.2, 0.25) is 0 Å². The van der Waals surface area contributed by atoms with Crippen molar-refractivity contribution >= 4 is 23.2 Å². The van der Waals surface area contributed by atoms with Crippen molar-refractivity contribution < 1.29 is 27.5 Å². The molecule has 0 saturated carbocycles. The van der Waals surface area contributed by atoms with Crippen molar-refractivity contribution in [3.8, 4) is 0 Å². The van der Waals surface area contributed by atoms with Crippen LogP contribution in [0, 0.1) is 5.92 Å². The van der Waals surface area contributed by atoms with Gasteiger partial charge in [-0.15, -0.1) is 0 Å². The minimum absolute atomic E-state index is 0.141. The molecule has 1 heterocycles. The molecule has 1 aliphatic heterocycles. The van der Waals surface area contributed by atoms with Gasteiger partial charge in [0.2, 0.25) is 0 Å². The van der Waals surface area contributed by atoms with Gasteiger partial charge < -0.3 is 4.74 Å². The first kappa shape index (κ1) is 20.1. The molecule has 0 amide bonds. The summed E-state index contributed by atoms with van der Waals surface area (Å²) in [7, 11) is 0. The number of fused-ring (bicyclic) bond motifs is 2. The van der Waals surface area contributed by atoms with E-state index in [-0.39, 0.29) is 12.4 Å². The van der Waals surface area contributed by atoms with Gasteiger partial charge in [0.05, 0.1) is 17.9 Å². The van der Waals surface area contributed by atoms with Crippen molar-refractivity contribution in [1.82, 2.24) is 0 Å². The number of alkyl halides is 3. The van der Waals surface area contributed by atoms with E-state index in [2.05, 4.69) is 4.99 Å². The highest BCUT2D eigenvalue weighted by atomic mass is 19.4. The highest BCUT2D eigenvalue weighted by molar-refractivity contribution is 6.24. The van der Waals surface area contributed by atoms with Gasteiger partial charge in [0, 0.05) is 28.3 Å². The maximum absolute atomic E-state index is 13.2. The highest BCUT2D eigenvalue weighted by Crippen LogP contribution is 2.48. The Hall–Kier alpha value is -3.22. The van der Waals surface area contributed by atoms with Gasteiger partial charge >= 0.3 is 12.1 Å². The smallest absolute Gasteiger partial charge is 0.416 e. The Labute approximate surface area is 171 Å². The Bertz CT molecular complexity index is 1100. The van der Waals surface area contributed by atoms with Crippen molar-refractivity contribution in [3.05, 3.63) is 76.4 Å². The molecule has 2 aliphatic rings. The van der Waals surface area contributed by atoms with Crippen LogP contribution in [0.1, 0.15) is 46.8 Å². The molecule has 0 N–H and O–H groups in total. The number of rotatable bonds is 3. The molecule has 0 aromatic heterocycles. The molecule has 0 radical (unpaired) electrons. The van der Waals surface area contributed by atoms with E-state index in [0.717, 1.165) is 12.1 Å². The van der Waals surface area contributed by atoms with Gasteiger partial charge in [-0.1, -0.05) is 36.4 Å². The summed E-state index contributed by atoms with van der Waals surface area (Å²) < 4.78 is 44.3. The lowest BCUT2D eigenvalue weighted by molar-refractivity contribution is -0.146. The number of ether oxygens (including phenoxy) is 1. The van der Waals surface area contributed by atoms with Gasteiger partial charge in [-0.2, -0.15) is 13.2 Å². The number of carbonyl (C=O) groups excluding carboxylic acids is 2. The number of esters is 1. The molecule has 30 heavy (non-hydrogen) atoms. The number of Topliss-reactive ketones (excluding diaryl/α,β-unsaturated/α-hetero) is 1. The molecule has 4 nitrogen and oxygen atoms in total. The zero-order chi connectivity index (χ0) is 21.6. The molecule has 2 aromatic rings. The molecular formula is C23H18F3NO3. The molecular weight excluding hydrogens is 395 g/mol. The van der Waals surface area contributed by atoms with E-state index in [9.17, 15) is 22.8 Å². The number of hydrogen-bond acceptors (Lipinski definition) is 4. The summed E-state index contributed by atoms with van der Waals surface area (Å²) in [5.74, 6) is -2.49. The molecule has 1 aliphatic carbocycles. The first-order valence-electron chi connectivity index (χ1n) is 9.51. The lowest BCUT2D eigenvalue weighted by atomic mass is 9.75. The Morgan fingerprint density at radius 2 is 1.70 bits per heavy atom. The first-order valence-corrected chi connectivity index (χ1v) is 9.51. The van der Waals surface area contributed by atoms with Crippen molar-refractivity contribution in [2.45, 2.75) is 25.9 Å². The first-order chi connectivity index (χ1) is 14.2. The van der Waals surface area contributed by atoms with Crippen LogP contribution >= 0.6 is 0 Å². The van der Waals surface area contributed by atoms with Crippen LogP contribution in [0.5, 0.6) is 0 Å². The molecule has 2 atom stereocenters. The van der Waals surface area contributed by atoms with Crippen LogP contribution in [0.15, 0.2) is 59.1 Å². The quantitative estimate of drug-likeness (QED) is 0.662. The Morgan fingerprint density at radius 3 is 2.30 bits per heavy atom. The van der Waals surface area contributed by atoms with Crippen LogP contribution in [0.25, 0.3) is 5.70 Å². The highest BCUT2D eigenvalue weighted by Gasteiger charge is 2.46. The van der Waals surface area contributed by atoms with Crippen molar-refractivity contribution in [1.29, 1.82) is 0 Å². The average molecular weight is 413 g/mol. The number of hydrogen-bond donors (Lipinski definition) is 0. The van der Waals surface area contributed by atoms with Gasteiger partial charge in [-0.3, -0.25) is 14.6 Å². The van der Waals surface area contributed by atoms with Crippen LogP contribution < -0.4 is 0 Å². The largest absolute Gasteiger partial charge is 0.465 e. The van der Waals surface area contributed by atoms with E-state index >= 15 is 0 Å². The number of halogens is 3. The monoisotopic (exact) mass is 413 g/mol. The Morgan fingerprint density at radius 1 is 1.07 bits per heavy atom. The molecule has 154 valence electrons. The topological polar surface area (TPSA) is 55.7 Å². The fourth-order valence-electron chi connectivity index (χ4n) is 4.13. The normalized spacial score (nSPS) is 20.6. The summed E-state index contributed by atoms with van der Waals surface area (Å²) in [6.45, 7) is 3.48. The number of nitrogens with zero attached hydrogens (tertiary/aromatic N) is 1. The summed E-state index contributed by atoms with van der Waals surface area (Å²) in [5, 5.41) is 0. The van der Waals surface area contributed by atoms with Gasteiger partial charge in [-0.25, -0.2) is 0 Å². The van der Waals surface area contributed by atoms with E-state index in [1.165, 1.54) is 12.1 Å². The molecule has 2 aromatic carbocycles. The summed E-state index contributed by atoms with van der Waals surface area (Å²) in [6.07, 6.45) is -4.48. The molecule has 4 rings (SSSR count). The second-order valence-electron chi connectivity index (χ2n) is 7.22. The molecule has 0 spiro atoms. The minimum atomic E-state index is -4.48. The van der Waals surface area contributed by atoms with Crippen molar-refractivity contribution in [3.63, 3.8) is 0 Å². The SMILES string of the molecule is CCOC(=O)C1C(C)=NC2=C(C(=O)c3ccccc32)[C@@H]1c1ccc(C(F)(F)F)cc1. The third-order valence-corrected chi connectivity index (χ3v) is 5.45. The second-order valence-corrected chi connectivity index (χ2v) is 7.22. The Kier molecular flexibility index (Phi) is 4.84. The number of ketones is 1. The summed E-state index contributed by atoms with van der Waals surface area (Å²) >= 11 is 0. The van der Waals surface area contributed by atoms with Gasteiger partial charge in [-0.05, 0) is 31.5 Å². The third-order valence-electron chi connectivity index (χ3n) is 5.45. The third kappa shape index (κ3) is 3.14. The lowest BCUT2D eigenvalue weighted by Crippen LogP contribution is -2.35. The van der Waals surface area contributed by atoms with E-state index in [1.54, 1.807) is 38.1 Å². The molecule has 7 heteroatoms. The van der Waals surface area contributed by atoms with E-state index < -0.39 is 29.5 Å². The van der Waals surface area contributed by atoms with Gasteiger partial charge in [0.1, 0.15) is 5.92 Å².